The van der Waals surface area contributed by atoms with Gasteiger partial charge in [0.05, 0.1) is 12.4 Å². The highest BCUT2D eigenvalue weighted by Crippen LogP contribution is 2.18. The van der Waals surface area contributed by atoms with Crippen LogP contribution >= 0.6 is 0 Å². The lowest BCUT2D eigenvalue weighted by Gasteiger charge is -2.36. The van der Waals surface area contributed by atoms with E-state index in [1.54, 1.807) is 11.8 Å². The first kappa shape index (κ1) is 12.7. The average Bonchev–Trinajstić information content (AvgIpc) is 2.39. The second kappa shape index (κ2) is 5.29. The van der Waals surface area contributed by atoms with Gasteiger partial charge in [0.1, 0.15) is 0 Å². The van der Waals surface area contributed by atoms with Gasteiger partial charge in [0.2, 0.25) is 11.9 Å². The molecule has 0 radical (unpaired) electrons. The van der Waals surface area contributed by atoms with Crippen molar-refractivity contribution in [1.29, 1.82) is 0 Å². The van der Waals surface area contributed by atoms with Crippen molar-refractivity contribution >= 4 is 11.9 Å². The SMILES string of the molecule is CC(=O)N(C)C1CCN(c2ncc(F)cn2)CC1. The van der Waals surface area contributed by atoms with E-state index < -0.39 is 5.82 Å². The molecule has 0 aromatic carbocycles. The summed E-state index contributed by atoms with van der Waals surface area (Å²) in [6.07, 6.45) is 4.12. The first-order valence-electron chi connectivity index (χ1n) is 6.04. The first-order chi connectivity index (χ1) is 8.58. The molecule has 1 aromatic rings. The Labute approximate surface area is 106 Å². The maximum absolute atomic E-state index is 12.7. The molecule has 6 heteroatoms. The molecule has 1 amide bonds. The van der Waals surface area contributed by atoms with Crippen LogP contribution in [0.3, 0.4) is 0 Å². The van der Waals surface area contributed by atoms with Gasteiger partial charge >= 0.3 is 0 Å². The molecule has 5 nitrogen and oxygen atoms in total. The van der Waals surface area contributed by atoms with Crippen LogP contribution in [-0.2, 0) is 4.79 Å². The minimum atomic E-state index is -0.426. The molecular formula is C12H17FN4O. The fraction of sp³-hybridized carbons (Fsp3) is 0.583. The fourth-order valence-electron chi connectivity index (χ4n) is 2.18. The van der Waals surface area contributed by atoms with Crippen LogP contribution in [0.4, 0.5) is 10.3 Å². The number of amides is 1. The molecule has 0 aliphatic carbocycles. The molecule has 0 saturated carbocycles. The van der Waals surface area contributed by atoms with Crippen LogP contribution in [0.15, 0.2) is 12.4 Å². The Morgan fingerprint density at radius 1 is 1.39 bits per heavy atom. The standard InChI is InChI=1S/C12H17FN4O/c1-9(18)16(2)11-3-5-17(6-4-11)12-14-7-10(13)8-15-12/h7-8,11H,3-6H2,1-2H3. The summed E-state index contributed by atoms with van der Waals surface area (Å²) < 4.78 is 12.7. The van der Waals surface area contributed by atoms with Gasteiger partial charge in [-0.2, -0.15) is 0 Å². The summed E-state index contributed by atoms with van der Waals surface area (Å²) >= 11 is 0. The van der Waals surface area contributed by atoms with Gasteiger partial charge in [0, 0.05) is 33.1 Å². The van der Waals surface area contributed by atoms with Crippen molar-refractivity contribution in [3.63, 3.8) is 0 Å². The molecule has 1 aliphatic heterocycles. The van der Waals surface area contributed by atoms with Gasteiger partial charge in [-0.25, -0.2) is 14.4 Å². The summed E-state index contributed by atoms with van der Waals surface area (Å²) in [4.78, 5) is 23.0. The van der Waals surface area contributed by atoms with E-state index in [4.69, 9.17) is 0 Å². The lowest BCUT2D eigenvalue weighted by molar-refractivity contribution is -0.129. The lowest BCUT2D eigenvalue weighted by atomic mass is 10.0. The van der Waals surface area contributed by atoms with Gasteiger partial charge in [-0.1, -0.05) is 0 Å². The van der Waals surface area contributed by atoms with E-state index in [-0.39, 0.29) is 11.9 Å². The molecule has 0 spiro atoms. The van der Waals surface area contributed by atoms with Crippen molar-refractivity contribution in [2.24, 2.45) is 0 Å². The van der Waals surface area contributed by atoms with Crippen molar-refractivity contribution in [2.75, 3.05) is 25.0 Å². The van der Waals surface area contributed by atoms with Crippen molar-refractivity contribution in [1.82, 2.24) is 14.9 Å². The minimum Gasteiger partial charge on any atom is -0.343 e. The highest BCUT2D eigenvalue weighted by Gasteiger charge is 2.24. The number of aromatic nitrogens is 2. The number of rotatable bonds is 2. The predicted molar refractivity (Wildman–Crippen MR) is 65.7 cm³/mol. The van der Waals surface area contributed by atoms with Gasteiger partial charge in [-0.15, -0.1) is 0 Å². The van der Waals surface area contributed by atoms with E-state index in [1.165, 1.54) is 12.4 Å². The maximum atomic E-state index is 12.7. The van der Waals surface area contributed by atoms with Crippen LogP contribution in [0.25, 0.3) is 0 Å². The molecule has 1 saturated heterocycles. The molecule has 0 N–H and O–H groups in total. The summed E-state index contributed by atoms with van der Waals surface area (Å²) in [5, 5.41) is 0. The third-order valence-electron chi connectivity index (χ3n) is 3.40. The number of nitrogens with zero attached hydrogens (tertiary/aromatic N) is 4. The van der Waals surface area contributed by atoms with Crippen LogP contribution < -0.4 is 4.90 Å². The third kappa shape index (κ3) is 2.75. The Balaban J connectivity index is 1.94. The van der Waals surface area contributed by atoms with Crippen LogP contribution in [0, 0.1) is 5.82 Å². The van der Waals surface area contributed by atoms with E-state index in [9.17, 15) is 9.18 Å². The molecule has 2 rings (SSSR count). The Morgan fingerprint density at radius 2 is 1.94 bits per heavy atom. The van der Waals surface area contributed by atoms with Crippen LogP contribution in [0.5, 0.6) is 0 Å². The minimum absolute atomic E-state index is 0.0893. The smallest absolute Gasteiger partial charge is 0.225 e. The van der Waals surface area contributed by atoms with Crippen LogP contribution in [0.2, 0.25) is 0 Å². The first-order valence-corrected chi connectivity index (χ1v) is 6.04. The van der Waals surface area contributed by atoms with Gasteiger partial charge in [-0.3, -0.25) is 4.79 Å². The molecule has 1 fully saturated rings. The van der Waals surface area contributed by atoms with Crippen molar-refractivity contribution in [3.05, 3.63) is 18.2 Å². The number of carbonyl (C=O) groups is 1. The van der Waals surface area contributed by atoms with E-state index in [0.29, 0.717) is 5.95 Å². The number of hydrogen-bond acceptors (Lipinski definition) is 4. The molecule has 0 unspecified atom stereocenters. The summed E-state index contributed by atoms with van der Waals surface area (Å²) in [6, 6.07) is 0.277. The van der Waals surface area contributed by atoms with Gasteiger partial charge in [-0.05, 0) is 12.8 Å². The van der Waals surface area contributed by atoms with E-state index in [1.807, 2.05) is 11.9 Å². The highest BCUT2D eigenvalue weighted by atomic mass is 19.1. The molecule has 18 heavy (non-hydrogen) atoms. The lowest BCUT2D eigenvalue weighted by Crippen LogP contribution is -2.45. The Morgan fingerprint density at radius 3 is 2.44 bits per heavy atom. The number of anilines is 1. The van der Waals surface area contributed by atoms with Crippen LogP contribution in [0.1, 0.15) is 19.8 Å². The molecule has 2 heterocycles. The largest absolute Gasteiger partial charge is 0.343 e. The van der Waals surface area contributed by atoms with Crippen LogP contribution in [-0.4, -0.2) is 47.0 Å². The molecule has 0 atom stereocenters. The number of hydrogen-bond donors (Lipinski definition) is 0. The second-order valence-corrected chi connectivity index (χ2v) is 4.55. The topological polar surface area (TPSA) is 49.3 Å². The monoisotopic (exact) mass is 252 g/mol. The number of halogens is 1. The van der Waals surface area contributed by atoms with Crippen molar-refractivity contribution in [2.45, 2.75) is 25.8 Å². The van der Waals surface area contributed by atoms with Gasteiger partial charge in [0.25, 0.3) is 0 Å². The second-order valence-electron chi connectivity index (χ2n) is 4.55. The van der Waals surface area contributed by atoms with Crippen molar-refractivity contribution < 1.29 is 9.18 Å². The normalized spacial score (nSPS) is 16.7. The fourth-order valence-corrected chi connectivity index (χ4v) is 2.18. The zero-order valence-electron chi connectivity index (χ0n) is 10.6. The quantitative estimate of drug-likeness (QED) is 0.790. The molecule has 1 aromatic heterocycles. The molecule has 0 bridgehead atoms. The summed E-state index contributed by atoms with van der Waals surface area (Å²) in [5.74, 6) is 0.219. The number of piperidine rings is 1. The van der Waals surface area contributed by atoms with Crippen molar-refractivity contribution in [3.8, 4) is 0 Å². The maximum Gasteiger partial charge on any atom is 0.225 e. The zero-order chi connectivity index (χ0) is 13.1. The van der Waals surface area contributed by atoms with Gasteiger partial charge in [0.15, 0.2) is 5.82 Å². The summed E-state index contributed by atoms with van der Waals surface area (Å²) in [5.41, 5.74) is 0. The highest BCUT2D eigenvalue weighted by molar-refractivity contribution is 5.73. The molecule has 98 valence electrons. The Hall–Kier alpha value is -1.72. The van der Waals surface area contributed by atoms with E-state index in [0.717, 1.165) is 25.9 Å². The third-order valence-corrected chi connectivity index (χ3v) is 3.40. The Bertz CT molecular complexity index is 415. The average molecular weight is 252 g/mol. The number of carbonyl (C=O) groups excluding carboxylic acids is 1. The zero-order valence-corrected chi connectivity index (χ0v) is 10.6. The van der Waals surface area contributed by atoms with E-state index >= 15 is 0 Å². The summed E-state index contributed by atoms with van der Waals surface area (Å²) in [6.45, 7) is 3.15. The summed E-state index contributed by atoms with van der Waals surface area (Å²) in [7, 11) is 1.83. The van der Waals surface area contributed by atoms with Gasteiger partial charge < -0.3 is 9.80 Å². The predicted octanol–water partition coefficient (Wildman–Crippen LogP) is 1.06. The molecular weight excluding hydrogens is 235 g/mol. The molecule has 1 aliphatic rings. The van der Waals surface area contributed by atoms with E-state index in [2.05, 4.69) is 9.97 Å². The Kier molecular flexibility index (Phi) is 3.74.